The maximum absolute atomic E-state index is 14.9. The van der Waals surface area contributed by atoms with Crippen LogP contribution in [0.5, 0.6) is 5.75 Å². The zero-order valence-electron chi connectivity index (χ0n) is 15.1. The number of aromatic nitrogens is 2. The molecule has 8 heteroatoms. The zero-order chi connectivity index (χ0) is 19.9. The minimum Gasteiger partial charge on any atom is -0.492 e. The summed E-state index contributed by atoms with van der Waals surface area (Å²) >= 11 is 5.95. The number of carbonyl (C=O) groups excluding carboxylic acids is 2. The number of ether oxygens (including phenoxy) is 2. The molecule has 0 spiro atoms. The van der Waals surface area contributed by atoms with Crippen molar-refractivity contribution in [2.45, 2.75) is 13.8 Å². The van der Waals surface area contributed by atoms with E-state index in [2.05, 4.69) is 4.98 Å². The highest BCUT2D eigenvalue weighted by Gasteiger charge is 2.23. The Morgan fingerprint density at radius 2 is 1.96 bits per heavy atom. The van der Waals surface area contributed by atoms with Crippen molar-refractivity contribution in [3.63, 3.8) is 0 Å². The lowest BCUT2D eigenvalue weighted by Gasteiger charge is -2.11. The number of benzene rings is 1. The Morgan fingerprint density at radius 1 is 1.26 bits per heavy atom. The van der Waals surface area contributed by atoms with E-state index in [1.54, 1.807) is 19.2 Å². The van der Waals surface area contributed by atoms with E-state index >= 15 is 0 Å². The third-order valence-electron chi connectivity index (χ3n) is 4.22. The van der Waals surface area contributed by atoms with E-state index < -0.39 is 11.8 Å². The highest BCUT2D eigenvalue weighted by molar-refractivity contribution is 6.32. The number of rotatable bonds is 3. The number of carbonyl (C=O) groups is 2. The van der Waals surface area contributed by atoms with E-state index in [0.717, 1.165) is 0 Å². The summed E-state index contributed by atoms with van der Waals surface area (Å²) in [5.41, 5.74) is 1.33. The van der Waals surface area contributed by atoms with Crippen molar-refractivity contribution in [2.24, 2.45) is 0 Å². The number of halogens is 2. The Labute approximate surface area is 159 Å². The number of fused-ring (bicyclic) bond motifs is 1. The van der Waals surface area contributed by atoms with Crippen LogP contribution in [0.15, 0.2) is 24.4 Å². The normalized spacial score (nSPS) is 10.9. The van der Waals surface area contributed by atoms with Gasteiger partial charge < -0.3 is 9.47 Å². The summed E-state index contributed by atoms with van der Waals surface area (Å²) in [4.78, 5) is 28.6. The van der Waals surface area contributed by atoms with Crippen LogP contribution in [0.4, 0.5) is 4.39 Å². The van der Waals surface area contributed by atoms with E-state index in [1.807, 2.05) is 0 Å². The van der Waals surface area contributed by atoms with Crippen molar-refractivity contribution in [2.75, 3.05) is 14.2 Å². The summed E-state index contributed by atoms with van der Waals surface area (Å²) in [7, 11) is 2.53. The fourth-order valence-electron chi connectivity index (χ4n) is 3.00. The number of hydrogen-bond acceptors (Lipinski definition) is 5. The molecule has 0 aliphatic heterocycles. The quantitative estimate of drug-likeness (QED) is 0.625. The lowest BCUT2D eigenvalue weighted by molar-refractivity contribution is 0.0596. The van der Waals surface area contributed by atoms with Crippen LogP contribution in [-0.2, 0) is 4.74 Å². The third kappa shape index (κ3) is 3.04. The Bertz CT molecular complexity index is 1090. The molecule has 1 aromatic carbocycles. The molecule has 2 heterocycles. The molecule has 0 unspecified atom stereocenters. The van der Waals surface area contributed by atoms with Crippen LogP contribution in [-0.4, -0.2) is 35.6 Å². The summed E-state index contributed by atoms with van der Waals surface area (Å²) in [5, 5.41) is 0.582. The second kappa shape index (κ2) is 7.00. The summed E-state index contributed by atoms with van der Waals surface area (Å²) in [6, 6.07) is 4.45. The summed E-state index contributed by atoms with van der Waals surface area (Å²) < 4.78 is 26.1. The van der Waals surface area contributed by atoms with Crippen LogP contribution in [0.3, 0.4) is 0 Å². The number of methoxy groups -OCH3 is 2. The van der Waals surface area contributed by atoms with Crippen molar-refractivity contribution in [1.29, 1.82) is 0 Å². The van der Waals surface area contributed by atoms with E-state index in [1.165, 1.54) is 37.8 Å². The van der Waals surface area contributed by atoms with Gasteiger partial charge in [-0.25, -0.2) is 14.2 Å². The predicted octanol–water partition coefficient (Wildman–Crippen LogP) is 4.26. The first-order chi connectivity index (χ1) is 12.8. The highest BCUT2D eigenvalue weighted by atomic mass is 35.5. The van der Waals surface area contributed by atoms with Gasteiger partial charge in [-0.3, -0.25) is 9.36 Å². The van der Waals surface area contributed by atoms with Gasteiger partial charge >= 0.3 is 5.97 Å². The van der Waals surface area contributed by atoms with Crippen molar-refractivity contribution in [3.8, 4) is 17.0 Å². The molecular formula is C19H16ClFN2O4. The second-order valence-electron chi connectivity index (χ2n) is 5.89. The van der Waals surface area contributed by atoms with Crippen LogP contribution in [0.2, 0.25) is 5.02 Å². The van der Waals surface area contributed by atoms with Crippen LogP contribution in [0, 0.1) is 12.7 Å². The molecule has 0 N–H and O–H groups in total. The average Bonchev–Trinajstić information content (AvgIpc) is 2.98. The lowest BCUT2D eigenvalue weighted by atomic mass is 10.1. The van der Waals surface area contributed by atoms with Gasteiger partial charge in [-0.1, -0.05) is 11.6 Å². The first-order valence-electron chi connectivity index (χ1n) is 7.94. The van der Waals surface area contributed by atoms with Crippen molar-refractivity contribution < 1.29 is 23.5 Å². The molecule has 2 aromatic heterocycles. The Morgan fingerprint density at radius 3 is 2.56 bits per heavy atom. The fourth-order valence-corrected chi connectivity index (χ4v) is 3.22. The summed E-state index contributed by atoms with van der Waals surface area (Å²) in [6.07, 6.45) is 1.60. The predicted molar refractivity (Wildman–Crippen MR) is 99.1 cm³/mol. The van der Waals surface area contributed by atoms with Crippen LogP contribution < -0.4 is 4.74 Å². The maximum Gasteiger partial charge on any atom is 0.357 e. The summed E-state index contributed by atoms with van der Waals surface area (Å²) in [5.74, 6) is -1.79. The van der Waals surface area contributed by atoms with Gasteiger partial charge in [0, 0.05) is 24.1 Å². The zero-order valence-corrected chi connectivity index (χ0v) is 15.8. The van der Waals surface area contributed by atoms with Gasteiger partial charge in [0.25, 0.3) is 0 Å². The molecule has 3 rings (SSSR count). The lowest BCUT2D eigenvalue weighted by Crippen LogP contribution is -2.08. The number of pyridine rings is 1. The molecule has 0 aliphatic carbocycles. The van der Waals surface area contributed by atoms with E-state index in [-0.39, 0.29) is 33.6 Å². The molecular weight excluding hydrogens is 375 g/mol. The SMILES string of the molecule is COC(=O)c1nc(-c2ccc(Cl)c(OC)c2F)cc2c1c(C)cn2C(C)=O. The standard InChI is InChI=1S/C19H16ClFN2O4/c1-9-8-23(10(2)24)14-7-13(22-17(15(9)14)19(25)27-4)11-5-6-12(20)18(26-3)16(11)21/h5-8H,1-4H3. The topological polar surface area (TPSA) is 70.4 Å². The Hall–Kier alpha value is -2.93. The molecule has 6 nitrogen and oxygen atoms in total. The Balaban J connectivity index is 2.40. The molecule has 0 aliphatic rings. The third-order valence-corrected chi connectivity index (χ3v) is 4.52. The van der Waals surface area contributed by atoms with Gasteiger partial charge in [-0.2, -0.15) is 0 Å². The van der Waals surface area contributed by atoms with Gasteiger partial charge in [0.15, 0.2) is 17.3 Å². The molecule has 0 bridgehead atoms. The monoisotopic (exact) mass is 390 g/mol. The molecule has 0 saturated carbocycles. The van der Waals surface area contributed by atoms with Crippen molar-refractivity contribution in [1.82, 2.24) is 9.55 Å². The highest BCUT2D eigenvalue weighted by Crippen LogP contribution is 2.36. The second-order valence-corrected chi connectivity index (χ2v) is 6.29. The van der Waals surface area contributed by atoms with Gasteiger partial charge in [-0.05, 0) is 30.7 Å². The first kappa shape index (κ1) is 18.8. The number of aryl methyl sites for hydroxylation is 1. The molecule has 0 saturated heterocycles. The first-order valence-corrected chi connectivity index (χ1v) is 8.32. The number of esters is 1. The molecule has 0 fully saturated rings. The number of hydrogen-bond donors (Lipinski definition) is 0. The maximum atomic E-state index is 14.9. The van der Waals surface area contributed by atoms with Crippen LogP contribution in [0.1, 0.15) is 27.8 Å². The average molecular weight is 391 g/mol. The largest absolute Gasteiger partial charge is 0.492 e. The van der Waals surface area contributed by atoms with Gasteiger partial charge in [0.1, 0.15) is 0 Å². The smallest absolute Gasteiger partial charge is 0.357 e. The minimum atomic E-state index is -0.717. The van der Waals surface area contributed by atoms with Crippen molar-refractivity contribution >= 4 is 34.4 Å². The van der Waals surface area contributed by atoms with Gasteiger partial charge in [-0.15, -0.1) is 0 Å². The van der Waals surface area contributed by atoms with E-state index in [9.17, 15) is 14.0 Å². The minimum absolute atomic E-state index is 0.00387. The molecule has 27 heavy (non-hydrogen) atoms. The van der Waals surface area contributed by atoms with E-state index in [4.69, 9.17) is 21.1 Å². The molecule has 0 radical (unpaired) electrons. The summed E-state index contributed by atoms with van der Waals surface area (Å²) in [6.45, 7) is 3.14. The van der Waals surface area contributed by atoms with Gasteiger partial charge in [0.05, 0.1) is 30.5 Å². The van der Waals surface area contributed by atoms with Crippen LogP contribution >= 0.6 is 11.6 Å². The fraction of sp³-hybridized carbons (Fsp3) is 0.211. The van der Waals surface area contributed by atoms with Gasteiger partial charge in [0.2, 0.25) is 5.91 Å². The molecule has 0 amide bonds. The number of nitrogens with zero attached hydrogens (tertiary/aromatic N) is 2. The Kier molecular flexibility index (Phi) is 4.89. The molecule has 0 atom stereocenters. The molecule has 140 valence electrons. The van der Waals surface area contributed by atoms with Crippen LogP contribution in [0.25, 0.3) is 22.2 Å². The van der Waals surface area contributed by atoms with Crippen molar-refractivity contribution in [3.05, 3.63) is 46.5 Å². The van der Waals surface area contributed by atoms with E-state index in [0.29, 0.717) is 16.5 Å². The molecule has 3 aromatic rings.